The molecule has 0 saturated carbocycles. The Morgan fingerprint density at radius 1 is 1.08 bits per heavy atom. The zero-order valence-electron chi connectivity index (χ0n) is 12.5. The minimum Gasteiger partial charge on any atom is -0.316 e. The van der Waals surface area contributed by atoms with Gasteiger partial charge in [-0.15, -0.1) is 0 Å². The molecule has 0 unspecified atom stereocenters. The van der Waals surface area contributed by atoms with Crippen molar-refractivity contribution in [1.29, 1.82) is 0 Å². The maximum Gasteiger partial charge on any atom is 0.271 e. The summed E-state index contributed by atoms with van der Waals surface area (Å²) < 4.78 is 14.8. The zero-order valence-corrected chi connectivity index (χ0v) is 13.2. The van der Waals surface area contributed by atoms with Crippen molar-refractivity contribution >= 4 is 23.7 Å². The summed E-state index contributed by atoms with van der Waals surface area (Å²) in [7, 11) is 0. The molecule has 120 valence electrons. The minimum atomic E-state index is -0.407. The fourth-order valence-corrected chi connectivity index (χ4v) is 2.28. The van der Waals surface area contributed by atoms with Crippen LogP contribution in [0.4, 0.5) is 4.39 Å². The van der Waals surface area contributed by atoms with Crippen LogP contribution >= 0.6 is 11.6 Å². The van der Waals surface area contributed by atoms with Crippen molar-refractivity contribution < 1.29 is 9.18 Å². The number of nitrogens with one attached hydrogen (secondary N) is 1. The van der Waals surface area contributed by atoms with E-state index in [1.165, 1.54) is 30.5 Å². The fraction of sp³-hybridized carbons (Fsp3) is 0. The van der Waals surface area contributed by atoms with Crippen molar-refractivity contribution in [3.05, 3.63) is 89.0 Å². The number of carbonyl (C=O) groups excluding carboxylic acids is 1. The van der Waals surface area contributed by atoms with Gasteiger partial charge in [-0.25, -0.2) is 9.82 Å². The Morgan fingerprint density at radius 2 is 1.79 bits per heavy atom. The predicted octanol–water partition coefficient (Wildman–Crippen LogP) is 4.03. The summed E-state index contributed by atoms with van der Waals surface area (Å²) in [6, 6.07) is 16.4. The van der Waals surface area contributed by atoms with Gasteiger partial charge in [0.2, 0.25) is 0 Å². The Balaban J connectivity index is 1.71. The number of amides is 1. The second-order valence-electron chi connectivity index (χ2n) is 4.99. The number of carbonyl (C=O) groups is 1. The Hall–Kier alpha value is -2.92. The number of nitrogens with zero attached hydrogens (tertiary/aromatic N) is 2. The van der Waals surface area contributed by atoms with E-state index in [1.54, 1.807) is 12.1 Å². The molecule has 0 aliphatic rings. The monoisotopic (exact) mass is 341 g/mol. The van der Waals surface area contributed by atoms with Gasteiger partial charge in [0.1, 0.15) is 5.82 Å². The lowest BCUT2D eigenvalue weighted by molar-refractivity contribution is 0.0955. The van der Waals surface area contributed by atoms with Gasteiger partial charge < -0.3 is 4.57 Å². The number of halogens is 2. The third kappa shape index (κ3) is 3.70. The summed E-state index contributed by atoms with van der Waals surface area (Å²) in [5.41, 5.74) is 4.47. The molecule has 0 atom stereocenters. The standard InChI is InChI=1S/C18H13ClFN3O/c19-14-5-9-16(10-6-14)23-11-1-2-17(23)12-21-22-18(24)13-3-7-15(20)8-4-13/h1-12H,(H,22,24)/b21-12+. The first kappa shape index (κ1) is 16.0. The molecule has 2 aromatic carbocycles. The Kier molecular flexibility index (Phi) is 4.72. The summed E-state index contributed by atoms with van der Waals surface area (Å²) in [6.45, 7) is 0. The van der Waals surface area contributed by atoms with E-state index in [9.17, 15) is 9.18 Å². The number of aromatic nitrogens is 1. The van der Waals surface area contributed by atoms with E-state index >= 15 is 0 Å². The summed E-state index contributed by atoms with van der Waals surface area (Å²) in [4.78, 5) is 11.9. The molecule has 1 heterocycles. The summed E-state index contributed by atoms with van der Waals surface area (Å²) in [5.74, 6) is -0.799. The van der Waals surface area contributed by atoms with Crippen LogP contribution in [0.1, 0.15) is 16.1 Å². The Bertz CT molecular complexity index is 870. The number of hydrogen-bond acceptors (Lipinski definition) is 2. The van der Waals surface area contributed by atoms with E-state index < -0.39 is 11.7 Å². The summed E-state index contributed by atoms with van der Waals surface area (Å²) in [6.07, 6.45) is 3.42. The highest BCUT2D eigenvalue weighted by atomic mass is 35.5. The van der Waals surface area contributed by atoms with Crippen molar-refractivity contribution in [2.75, 3.05) is 0 Å². The zero-order chi connectivity index (χ0) is 16.9. The first-order valence-electron chi connectivity index (χ1n) is 7.16. The maximum atomic E-state index is 12.8. The smallest absolute Gasteiger partial charge is 0.271 e. The van der Waals surface area contributed by atoms with Crippen molar-refractivity contribution in [2.45, 2.75) is 0 Å². The lowest BCUT2D eigenvalue weighted by Crippen LogP contribution is -2.17. The quantitative estimate of drug-likeness (QED) is 0.565. The van der Waals surface area contributed by atoms with Crippen LogP contribution < -0.4 is 5.43 Å². The number of hydrogen-bond donors (Lipinski definition) is 1. The van der Waals surface area contributed by atoms with Crippen LogP contribution in [0.25, 0.3) is 5.69 Å². The van der Waals surface area contributed by atoms with Crippen LogP contribution in [0, 0.1) is 5.82 Å². The fourth-order valence-electron chi connectivity index (χ4n) is 2.16. The highest BCUT2D eigenvalue weighted by molar-refractivity contribution is 6.30. The van der Waals surface area contributed by atoms with E-state index in [1.807, 2.05) is 35.0 Å². The molecule has 0 aliphatic carbocycles. The van der Waals surface area contributed by atoms with Gasteiger partial charge >= 0.3 is 0 Å². The van der Waals surface area contributed by atoms with Crippen LogP contribution in [0.15, 0.2) is 72.0 Å². The molecule has 6 heteroatoms. The molecule has 1 N–H and O–H groups in total. The topological polar surface area (TPSA) is 46.4 Å². The molecule has 1 aromatic heterocycles. The van der Waals surface area contributed by atoms with Gasteiger partial charge in [0, 0.05) is 22.5 Å². The van der Waals surface area contributed by atoms with E-state index in [0.29, 0.717) is 10.6 Å². The van der Waals surface area contributed by atoms with Gasteiger partial charge in [-0.3, -0.25) is 4.79 Å². The average molecular weight is 342 g/mol. The number of rotatable bonds is 4. The molecule has 0 saturated heterocycles. The summed E-state index contributed by atoms with van der Waals surface area (Å²) >= 11 is 5.89. The van der Waals surface area contributed by atoms with Crippen molar-refractivity contribution in [1.82, 2.24) is 9.99 Å². The van der Waals surface area contributed by atoms with Crippen LogP contribution in [0.2, 0.25) is 5.02 Å². The van der Waals surface area contributed by atoms with E-state index in [0.717, 1.165) is 11.4 Å². The first-order chi connectivity index (χ1) is 11.6. The second-order valence-corrected chi connectivity index (χ2v) is 5.42. The molecule has 24 heavy (non-hydrogen) atoms. The molecule has 4 nitrogen and oxygen atoms in total. The SMILES string of the molecule is O=C(N/N=C/c1cccn1-c1ccc(Cl)cc1)c1ccc(F)cc1. The predicted molar refractivity (Wildman–Crippen MR) is 92.2 cm³/mol. The first-order valence-corrected chi connectivity index (χ1v) is 7.53. The molecule has 0 bridgehead atoms. The molecule has 3 rings (SSSR count). The number of hydrazone groups is 1. The Labute approximate surface area is 143 Å². The van der Waals surface area contributed by atoms with Gasteiger partial charge in [0.15, 0.2) is 0 Å². The van der Waals surface area contributed by atoms with E-state index in [2.05, 4.69) is 10.5 Å². The van der Waals surface area contributed by atoms with Crippen molar-refractivity contribution in [3.63, 3.8) is 0 Å². The highest BCUT2D eigenvalue weighted by Crippen LogP contribution is 2.15. The normalized spacial score (nSPS) is 10.9. The van der Waals surface area contributed by atoms with E-state index in [4.69, 9.17) is 11.6 Å². The largest absolute Gasteiger partial charge is 0.316 e. The van der Waals surface area contributed by atoms with Crippen LogP contribution in [-0.2, 0) is 0 Å². The summed E-state index contributed by atoms with van der Waals surface area (Å²) in [5, 5.41) is 4.61. The average Bonchev–Trinajstić information content (AvgIpc) is 3.04. The third-order valence-corrected chi connectivity index (χ3v) is 3.61. The minimum absolute atomic E-state index is 0.335. The molecular weight excluding hydrogens is 329 g/mol. The molecule has 0 aliphatic heterocycles. The maximum absolute atomic E-state index is 12.8. The van der Waals surface area contributed by atoms with Crippen LogP contribution in [0.5, 0.6) is 0 Å². The van der Waals surface area contributed by atoms with Gasteiger partial charge in [-0.1, -0.05) is 11.6 Å². The van der Waals surface area contributed by atoms with Crippen molar-refractivity contribution in [3.8, 4) is 5.69 Å². The van der Waals surface area contributed by atoms with Gasteiger partial charge in [0.05, 0.1) is 11.9 Å². The van der Waals surface area contributed by atoms with Crippen LogP contribution in [0.3, 0.4) is 0 Å². The molecule has 0 spiro atoms. The van der Waals surface area contributed by atoms with Gasteiger partial charge in [0.25, 0.3) is 5.91 Å². The highest BCUT2D eigenvalue weighted by Gasteiger charge is 2.04. The van der Waals surface area contributed by atoms with E-state index in [-0.39, 0.29) is 0 Å². The molecule has 0 radical (unpaired) electrons. The number of benzene rings is 2. The molecule has 3 aromatic rings. The van der Waals surface area contributed by atoms with Crippen LogP contribution in [-0.4, -0.2) is 16.7 Å². The van der Waals surface area contributed by atoms with Crippen molar-refractivity contribution in [2.24, 2.45) is 5.10 Å². The Morgan fingerprint density at radius 3 is 2.50 bits per heavy atom. The molecule has 0 fully saturated rings. The van der Waals surface area contributed by atoms with Gasteiger partial charge in [-0.2, -0.15) is 5.10 Å². The molecular formula is C18H13ClFN3O. The van der Waals surface area contributed by atoms with Gasteiger partial charge in [-0.05, 0) is 60.7 Å². The second kappa shape index (κ2) is 7.10. The lowest BCUT2D eigenvalue weighted by atomic mass is 10.2. The third-order valence-electron chi connectivity index (χ3n) is 3.35. The lowest BCUT2D eigenvalue weighted by Gasteiger charge is -2.06. The molecule has 1 amide bonds.